The fourth-order valence-corrected chi connectivity index (χ4v) is 7.85. The summed E-state index contributed by atoms with van der Waals surface area (Å²) in [5.41, 5.74) is 10.7. The second-order valence-corrected chi connectivity index (χ2v) is 14.8. The van der Waals surface area contributed by atoms with Crippen molar-refractivity contribution in [1.29, 1.82) is 5.41 Å². The van der Waals surface area contributed by atoms with E-state index in [-0.39, 0.29) is 45.4 Å². The zero-order chi connectivity index (χ0) is 36.1. The largest absolute Gasteiger partial charge is 0.478 e. The fourth-order valence-electron chi connectivity index (χ4n) is 5.52. The van der Waals surface area contributed by atoms with Crippen LogP contribution >= 0.6 is 34.7 Å². The number of thiazole rings is 1. The number of ketones is 1. The van der Waals surface area contributed by atoms with E-state index in [1.807, 2.05) is 39.9 Å². The van der Waals surface area contributed by atoms with Crippen LogP contribution in [0.3, 0.4) is 0 Å². The minimum atomic E-state index is -1.80. The lowest BCUT2D eigenvalue weighted by Crippen LogP contribution is -2.62. The molecule has 4 aromatic heterocycles. The summed E-state index contributed by atoms with van der Waals surface area (Å²) in [6.07, 6.45) is 6.62. The molecule has 16 nitrogen and oxygen atoms in total. The molecular formula is C31H30ClN8O8S2+. The average Bonchev–Trinajstić information content (AvgIpc) is 3.78. The number of amides is 1. The first-order valence-electron chi connectivity index (χ1n) is 14.9. The number of oxime groups is 1. The quantitative estimate of drug-likeness (QED) is 0.0437. The first kappa shape index (κ1) is 34.7. The van der Waals surface area contributed by atoms with E-state index in [2.05, 4.69) is 10.1 Å². The molecule has 0 unspecified atom stereocenters. The van der Waals surface area contributed by atoms with Gasteiger partial charge in [0, 0.05) is 35.4 Å². The van der Waals surface area contributed by atoms with Crippen molar-refractivity contribution in [3.05, 3.63) is 75.7 Å². The summed E-state index contributed by atoms with van der Waals surface area (Å²) in [4.78, 5) is 61.6. The smallest absolute Gasteiger partial charge is 0.352 e. The lowest BCUT2D eigenvalue weighted by molar-refractivity contribution is -0.687. The number of aromatic nitrogens is 3. The highest BCUT2D eigenvalue weighted by atomic mass is 35.5. The maximum atomic E-state index is 13.6. The van der Waals surface area contributed by atoms with E-state index in [1.165, 1.54) is 36.8 Å². The molecule has 0 aromatic carbocycles. The molecule has 6 heterocycles. The Balaban J connectivity index is 1.22. The van der Waals surface area contributed by atoms with E-state index >= 15 is 0 Å². The number of aliphatic carboxylic acids is 2. The van der Waals surface area contributed by atoms with Crippen molar-refractivity contribution in [2.24, 2.45) is 16.8 Å². The Morgan fingerprint density at radius 2 is 2.06 bits per heavy atom. The number of thioether (sulfide) groups is 1. The van der Waals surface area contributed by atoms with Crippen molar-refractivity contribution < 1.29 is 43.2 Å². The van der Waals surface area contributed by atoms with Crippen molar-refractivity contribution in [3.63, 3.8) is 0 Å². The first-order chi connectivity index (χ1) is 23.6. The van der Waals surface area contributed by atoms with Crippen LogP contribution < -0.4 is 16.0 Å². The van der Waals surface area contributed by atoms with E-state index < -0.39 is 46.2 Å². The lowest BCUT2D eigenvalue weighted by Gasteiger charge is -2.49. The number of furan rings is 1. The van der Waals surface area contributed by atoms with Gasteiger partial charge in [-0.05, 0) is 26.0 Å². The molecule has 0 radical (unpaired) electrons. The van der Waals surface area contributed by atoms with Gasteiger partial charge >= 0.3 is 11.9 Å². The van der Waals surface area contributed by atoms with Crippen LogP contribution in [-0.4, -0.2) is 76.6 Å². The van der Waals surface area contributed by atoms with Crippen LogP contribution in [0.2, 0.25) is 4.34 Å². The van der Waals surface area contributed by atoms with E-state index in [1.54, 1.807) is 6.07 Å². The monoisotopic (exact) mass is 741 g/mol. The molecule has 2 atom stereocenters. The molecule has 1 saturated heterocycles. The number of anilines is 1. The number of fused-ring (bicyclic) bond motifs is 2. The van der Waals surface area contributed by atoms with E-state index in [0.717, 1.165) is 22.2 Å². The van der Waals surface area contributed by atoms with Gasteiger partial charge in [-0.2, -0.15) is 4.57 Å². The number of Topliss-reactive ketones (excluding diaryl/α,β-unsaturated/α-hetero) is 1. The Morgan fingerprint density at radius 1 is 1.30 bits per heavy atom. The van der Waals surface area contributed by atoms with Gasteiger partial charge in [0.05, 0.1) is 23.4 Å². The summed E-state index contributed by atoms with van der Waals surface area (Å²) in [5.74, 6) is -3.99. The number of hydrogen-bond donors (Lipinski definition) is 5. The van der Waals surface area contributed by atoms with Gasteiger partial charge in [-0.25, -0.2) is 14.6 Å². The number of nitrogens with two attached hydrogens (primary N) is 2. The minimum Gasteiger partial charge on any atom is -0.478 e. The molecule has 1 amide bonds. The van der Waals surface area contributed by atoms with Crippen molar-refractivity contribution in [3.8, 4) is 0 Å². The highest BCUT2D eigenvalue weighted by Crippen LogP contribution is 2.45. The van der Waals surface area contributed by atoms with Crippen LogP contribution in [0, 0.1) is 11.3 Å². The van der Waals surface area contributed by atoms with Crippen molar-refractivity contribution in [2.45, 2.75) is 44.3 Å². The minimum absolute atomic E-state index is 0.0201. The lowest BCUT2D eigenvalue weighted by atomic mass is 9.89. The number of carboxylic acid groups (broad SMARTS) is 2. The molecule has 0 saturated carbocycles. The maximum absolute atomic E-state index is 13.6. The number of carbonyl (C=O) groups excluding carboxylic acids is 2. The number of β-lactam (4-membered cyclic amide) rings is 1. The second kappa shape index (κ2) is 13.3. The molecule has 19 heteroatoms. The van der Waals surface area contributed by atoms with E-state index in [0.29, 0.717) is 23.4 Å². The number of nitrogens with zero attached hydrogens (tertiary/aromatic N) is 5. The number of halogens is 1. The fraction of sp³-hybridized carbons (Fsp3) is 0.290. The molecule has 50 heavy (non-hydrogen) atoms. The van der Waals surface area contributed by atoms with Gasteiger partial charge in [0.2, 0.25) is 11.5 Å². The highest BCUT2D eigenvalue weighted by molar-refractivity contribution is 8.00. The molecule has 0 bridgehead atoms. The van der Waals surface area contributed by atoms with Gasteiger partial charge in [0.25, 0.3) is 0 Å². The van der Waals surface area contributed by atoms with Crippen LogP contribution in [-0.2, 0) is 37.1 Å². The maximum Gasteiger partial charge on any atom is 0.352 e. The zero-order valence-corrected chi connectivity index (χ0v) is 28.8. The number of carbonyl (C=O) groups is 4. The Hall–Kier alpha value is -5.20. The summed E-state index contributed by atoms with van der Waals surface area (Å²) in [5, 5.41) is 31.4. The molecule has 2 aliphatic heterocycles. The Bertz CT molecular complexity index is 2150. The number of carboxylic acids is 2. The third-order valence-corrected chi connectivity index (χ3v) is 10.7. The molecule has 260 valence electrons. The van der Waals surface area contributed by atoms with Crippen molar-refractivity contribution in [2.75, 3.05) is 11.5 Å². The van der Waals surface area contributed by atoms with Gasteiger partial charge in [-0.1, -0.05) is 28.1 Å². The van der Waals surface area contributed by atoms with Gasteiger partial charge in [0.1, 0.15) is 39.1 Å². The van der Waals surface area contributed by atoms with Crippen LogP contribution in [0.5, 0.6) is 0 Å². The first-order valence-corrected chi connectivity index (χ1v) is 17.1. The number of nitrogens with one attached hydrogen (secondary N) is 1. The number of pyridine rings is 1. The van der Waals surface area contributed by atoms with E-state index in [9.17, 15) is 29.4 Å². The summed E-state index contributed by atoms with van der Waals surface area (Å²) >= 11 is 8.45. The molecular weight excluding hydrogens is 712 g/mol. The zero-order valence-electron chi connectivity index (χ0n) is 26.5. The Labute approximate surface area is 296 Å². The third-order valence-electron chi connectivity index (χ3n) is 8.17. The van der Waals surface area contributed by atoms with Gasteiger partial charge in [0.15, 0.2) is 35.6 Å². The predicted molar refractivity (Wildman–Crippen MR) is 183 cm³/mol. The Morgan fingerprint density at radius 3 is 2.70 bits per heavy atom. The van der Waals surface area contributed by atoms with Crippen molar-refractivity contribution in [1.82, 2.24) is 14.5 Å². The third kappa shape index (κ3) is 6.56. The molecule has 0 aliphatic carbocycles. The van der Waals surface area contributed by atoms with Crippen molar-refractivity contribution >= 4 is 85.9 Å². The molecule has 7 N–H and O–H groups in total. The molecule has 0 spiro atoms. The van der Waals surface area contributed by atoms with Crippen LogP contribution in [0.4, 0.5) is 5.13 Å². The summed E-state index contributed by atoms with van der Waals surface area (Å²) in [6, 6.07) is 5.53. The number of nitrogen functional groups attached to an aromatic ring is 2. The number of rotatable bonds is 13. The summed E-state index contributed by atoms with van der Waals surface area (Å²) in [7, 11) is 0. The standard InChI is InChI=1S/C31H29ClN8O8S2/c1-31(2,29(45)46)48-37-21(22-24(32)50-30(35)36-22)20(41)8-18-26(42)40-23(28(43)44)16(13-49-27(18)40)9-38-5-3-14-4-6-39(19(14)11-38)10-17-7-15(12-47-17)25(33)34/h3-7,11-12,18,27H,8-10,13H2,1-2H3,(H6-,33,34,35,36,43,44,45,46)/p+1/b37-21+/t18-,27-/m1/s1. The SMILES string of the molecule is CC(C)(O/N=C(\C(=O)C[C@@H]1C(=O)N2C(C(=O)O)=C(C[n+]3ccc4ccn(Cc5cc(C(=N)N)co5)c4c3)CS[C@H]12)c1nc(N)sc1Cl)C(=O)O. The molecule has 4 aromatic rings. The summed E-state index contributed by atoms with van der Waals surface area (Å²) < 4.78 is 9.36. The normalized spacial score (nSPS) is 17.9. The Kier molecular flexibility index (Phi) is 9.19. The molecule has 6 rings (SSSR count). The highest BCUT2D eigenvalue weighted by Gasteiger charge is 2.54. The second-order valence-electron chi connectivity index (χ2n) is 12.0. The average molecular weight is 742 g/mol. The molecule has 1 fully saturated rings. The van der Waals surface area contributed by atoms with Crippen LogP contribution in [0.1, 0.15) is 37.3 Å². The van der Waals surface area contributed by atoms with Crippen LogP contribution in [0.25, 0.3) is 10.9 Å². The molecule has 2 aliphatic rings. The topological polar surface area (TPSA) is 244 Å². The van der Waals surface area contributed by atoms with Gasteiger partial charge in [-0.15, -0.1) is 11.8 Å². The number of amidine groups is 1. The van der Waals surface area contributed by atoms with Crippen LogP contribution in [0.15, 0.2) is 63.9 Å². The van der Waals surface area contributed by atoms with Gasteiger partial charge in [-0.3, -0.25) is 19.9 Å². The summed E-state index contributed by atoms with van der Waals surface area (Å²) in [6.45, 7) is 3.04. The number of hydrogen-bond acceptors (Lipinski definition) is 12. The predicted octanol–water partition coefficient (Wildman–Crippen LogP) is 2.66. The van der Waals surface area contributed by atoms with E-state index in [4.69, 9.17) is 37.7 Å². The van der Waals surface area contributed by atoms with Gasteiger partial charge < -0.3 is 35.5 Å².